The maximum atomic E-state index is 11.7. The lowest BCUT2D eigenvalue weighted by Gasteiger charge is -2.49. The number of anilines is 1. The van der Waals surface area contributed by atoms with E-state index >= 15 is 0 Å². The van der Waals surface area contributed by atoms with Gasteiger partial charge in [0.25, 0.3) is 0 Å². The molecule has 6 rings (SSSR count). The summed E-state index contributed by atoms with van der Waals surface area (Å²) in [7, 11) is 1.96. The number of carbonyl (C=O) groups is 1. The molecule has 35 heavy (non-hydrogen) atoms. The van der Waals surface area contributed by atoms with Crippen molar-refractivity contribution in [1.82, 2.24) is 29.9 Å². The Labute approximate surface area is 207 Å². The van der Waals surface area contributed by atoms with Crippen LogP contribution < -0.4 is 10.2 Å². The lowest BCUT2D eigenvalue weighted by Crippen LogP contribution is -2.49. The summed E-state index contributed by atoms with van der Waals surface area (Å²) in [5.74, 6) is 0.726. The zero-order valence-corrected chi connectivity index (χ0v) is 21.5. The topological polar surface area (TPSA) is 80.9 Å². The summed E-state index contributed by atoms with van der Waals surface area (Å²) >= 11 is 0. The molecule has 3 aliphatic rings. The number of aryl methyl sites for hydroxylation is 3. The molecule has 0 saturated heterocycles. The van der Waals surface area contributed by atoms with Gasteiger partial charge in [0.05, 0.1) is 23.0 Å². The highest BCUT2D eigenvalue weighted by molar-refractivity contribution is 5.89. The number of amides is 1. The Kier molecular flexibility index (Phi) is 5.38. The van der Waals surface area contributed by atoms with E-state index in [1.165, 1.54) is 49.0 Å². The number of rotatable bonds is 4. The van der Waals surface area contributed by atoms with Crippen molar-refractivity contribution in [1.29, 1.82) is 0 Å². The highest BCUT2D eigenvalue weighted by Crippen LogP contribution is 2.50. The van der Waals surface area contributed by atoms with Crippen molar-refractivity contribution in [2.75, 3.05) is 11.4 Å². The molecule has 1 amide bonds. The van der Waals surface area contributed by atoms with Crippen LogP contribution in [0, 0.1) is 25.2 Å². The highest BCUT2D eigenvalue weighted by atomic mass is 16.1. The van der Waals surface area contributed by atoms with Crippen molar-refractivity contribution in [3.63, 3.8) is 0 Å². The lowest BCUT2D eigenvalue weighted by atomic mass is 9.60. The third-order valence-electron chi connectivity index (χ3n) is 8.89. The summed E-state index contributed by atoms with van der Waals surface area (Å²) in [5, 5.41) is 13.9. The number of carbonyl (C=O) groups excluding carboxylic acids is 1. The smallest absolute Gasteiger partial charge is 0.217 e. The summed E-state index contributed by atoms with van der Waals surface area (Å²) in [6, 6.07) is 2.56. The van der Waals surface area contributed by atoms with E-state index in [2.05, 4.69) is 39.9 Å². The second-order valence-corrected chi connectivity index (χ2v) is 11.3. The van der Waals surface area contributed by atoms with Crippen LogP contribution in [0.25, 0.3) is 11.0 Å². The van der Waals surface area contributed by atoms with Crippen molar-refractivity contribution in [2.24, 2.45) is 18.4 Å². The largest absolute Gasteiger partial charge is 0.366 e. The number of pyridine rings is 1. The first kappa shape index (κ1) is 22.6. The van der Waals surface area contributed by atoms with Crippen LogP contribution in [-0.2, 0) is 31.4 Å². The predicted molar refractivity (Wildman–Crippen MR) is 136 cm³/mol. The highest BCUT2D eigenvalue weighted by Gasteiger charge is 2.44. The van der Waals surface area contributed by atoms with Gasteiger partial charge in [-0.3, -0.25) is 14.2 Å². The van der Waals surface area contributed by atoms with Gasteiger partial charge in [0.2, 0.25) is 5.91 Å². The molecule has 186 valence electrons. The Bertz CT molecular complexity index is 1290. The lowest BCUT2D eigenvalue weighted by molar-refractivity contribution is -0.121. The molecule has 3 atom stereocenters. The number of nitrogens with zero attached hydrogens (tertiary/aromatic N) is 6. The molecule has 1 N–H and O–H groups in total. The molecule has 0 radical (unpaired) electrons. The van der Waals surface area contributed by atoms with E-state index < -0.39 is 0 Å². The molecule has 2 saturated carbocycles. The van der Waals surface area contributed by atoms with E-state index in [0.717, 1.165) is 54.9 Å². The van der Waals surface area contributed by atoms with Gasteiger partial charge < -0.3 is 10.2 Å². The zero-order chi connectivity index (χ0) is 24.3. The zero-order valence-electron chi connectivity index (χ0n) is 21.5. The first-order chi connectivity index (χ1) is 16.8. The van der Waals surface area contributed by atoms with Gasteiger partial charge in [0.15, 0.2) is 5.65 Å². The summed E-state index contributed by atoms with van der Waals surface area (Å²) in [6.07, 6.45) is 10.2. The number of nitrogens with one attached hydrogen (secondary N) is 1. The molecule has 0 spiro atoms. The SMILES string of the molecule is CC(=O)NC1CCC2(Cn3nc(C)c4c3CCN(c3cc(C)nc5c3cnn5C)C4)CCCC1C2. The molecule has 8 heteroatoms. The summed E-state index contributed by atoms with van der Waals surface area (Å²) in [5.41, 5.74) is 7.49. The Morgan fingerprint density at radius 2 is 2.11 bits per heavy atom. The third kappa shape index (κ3) is 3.91. The molecular weight excluding hydrogens is 438 g/mol. The van der Waals surface area contributed by atoms with E-state index in [9.17, 15) is 4.79 Å². The van der Waals surface area contributed by atoms with Crippen LogP contribution in [0.1, 0.15) is 68.1 Å². The first-order valence-electron chi connectivity index (χ1n) is 13.2. The van der Waals surface area contributed by atoms with Gasteiger partial charge in [-0.1, -0.05) is 6.42 Å². The summed E-state index contributed by atoms with van der Waals surface area (Å²) in [4.78, 5) is 18.9. The average molecular weight is 476 g/mol. The Morgan fingerprint density at radius 1 is 1.26 bits per heavy atom. The average Bonchev–Trinajstić information content (AvgIpc) is 3.34. The molecule has 1 aliphatic heterocycles. The van der Waals surface area contributed by atoms with Crippen LogP contribution in [0.3, 0.4) is 0 Å². The molecule has 2 aliphatic carbocycles. The van der Waals surface area contributed by atoms with E-state index in [-0.39, 0.29) is 5.91 Å². The van der Waals surface area contributed by atoms with Crippen molar-refractivity contribution >= 4 is 22.6 Å². The molecule has 3 aromatic heterocycles. The van der Waals surface area contributed by atoms with Gasteiger partial charge >= 0.3 is 0 Å². The Morgan fingerprint density at radius 3 is 2.94 bits per heavy atom. The number of aromatic nitrogens is 5. The minimum atomic E-state index is 0.113. The van der Waals surface area contributed by atoms with Crippen molar-refractivity contribution in [3.05, 3.63) is 34.9 Å². The first-order valence-corrected chi connectivity index (χ1v) is 13.2. The molecule has 8 nitrogen and oxygen atoms in total. The Hall–Kier alpha value is -2.90. The fraction of sp³-hybridized carbons (Fsp3) is 0.630. The van der Waals surface area contributed by atoms with Crippen LogP contribution >= 0.6 is 0 Å². The maximum absolute atomic E-state index is 11.7. The third-order valence-corrected chi connectivity index (χ3v) is 8.89. The van der Waals surface area contributed by atoms with Gasteiger partial charge in [-0.15, -0.1) is 0 Å². The van der Waals surface area contributed by atoms with Gasteiger partial charge in [0.1, 0.15) is 0 Å². The Balaban J connectivity index is 1.25. The van der Waals surface area contributed by atoms with Gasteiger partial charge in [-0.05, 0) is 63.4 Å². The van der Waals surface area contributed by atoms with Crippen molar-refractivity contribution in [3.8, 4) is 0 Å². The van der Waals surface area contributed by atoms with Crippen molar-refractivity contribution in [2.45, 2.75) is 84.8 Å². The second-order valence-electron chi connectivity index (χ2n) is 11.3. The van der Waals surface area contributed by atoms with E-state index in [1.807, 2.05) is 17.9 Å². The maximum Gasteiger partial charge on any atom is 0.217 e. The van der Waals surface area contributed by atoms with Crippen LogP contribution in [0.2, 0.25) is 0 Å². The fourth-order valence-electron chi connectivity index (χ4n) is 7.24. The summed E-state index contributed by atoms with van der Waals surface area (Å²) < 4.78 is 4.22. The molecule has 2 bridgehead atoms. The van der Waals surface area contributed by atoms with Crippen LogP contribution in [0.15, 0.2) is 12.3 Å². The standard InChI is InChI=1S/C27H37N7O/c1-17-12-25(21-14-28-32(4)26(21)29-17)33-11-8-24-22(15-33)18(2)31-34(24)16-27-9-5-6-20(13-27)23(7-10-27)30-19(3)35/h12,14,20,23H,5-11,13,15-16H2,1-4H3,(H,30,35). The second kappa shape index (κ2) is 8.35. The fourth-order valence-corrected chi connectivity index (χ4v) is 7.24. The van der Waals surface area contributed by atoms with Crippen molar-refractivity contribution < 1.29 is 4.79 Å². The molecule has 3 unspecified atom stereocenters. The molecule has 0 aromatic carbocycles. The van der Waals surface area contributed by atoms with Crippen LogP contribution in [0.4, 0.5) is 5.69 Å². The minimum absolute atomic E-state index is 0.113. The quantitative estimate of drug-likeness (QED) is 0.621. The van der Waals surface area contributed by atoms with Crippen LogP contribution in [-0.4, -0.2) is 43.0 Å². The van der Waals surface area contributed by atoms with Gasteiger partial charge in [0, 0.05) is 63.0 Å². The predicted octanol–water partition coefficient (Wildman–Crippen LogP) is 3.82. The molecule has 3 aromatic rings. The van der Waals surface area contributed by atoms with Crippen LogP contribution in [0.5, 0.6) is 0 Å². The molecule has 4 heterocycles. The number of fused-ring (bicyclic) bond motifs is 4. The monoisotopic (exact) mass is 475 g/mol. The molecular formula is C27H37N7O. The van der Waals surface area contributed by atoms with E-state index in [1.54, 1.807) is 6.92 Å². The van der Waals surface area contributed by atoms with E-state index in [4.69, 9.17) is 10.1 Å². The summed E-state index contributed by atoms with van der Waals surface area (Å²) in [6.45, 7) is 8.77. The number of hydrogen-bond donors (Lipinski definition) is 1. The molecule has 2 fully saturated rings. The van der Waals surface area contributed by atoms with Gasteiger partial charge in [-0.25, -0.2) is 4.98 Å². The van der Waals surface area contributed by atoms with Gasteiger partial charge in [-0.2, -0.15) is 10.2 Å². The van der Waals surface area contributed by atoms with E-state index in [0.29, 0.717) is 17.4 Å². The normalized spacial score (nSPS) is 26.1. The minimum Gasteiger partial charge on any atom is -0.366 e. The number of hydrogen-bond acceptors (Lipinski definition) is 5.